The van der Waals surface area contributed by atoms with Crippen LogP contribution in [0.2, 0.25) is 0 Å². The number of rotatable bonds is 7. The first-order valence-corrected chi connectivity index (χ1v) is 11.7. The lowest BCUT2D eigenvalue weighted by Gasteiger charge is -2.10. The Hall–Kier alpha value is -3.96. The number of ether oxygens (including phenoxy) is 2. The molecule has 1 unspecified atom stereocenters. The summed E-state index contributed by atoms with van der Waals surface area (Å²) in [5.74, 6) is 0.793. The molecule has 1 saturated heterocycles. The van der Waals surface area contributed by atoms with Crippen molar-refractivity contribution in [2.24, 2.45) is 10.2 Å². The molecule has 0 N–H and O–H groups in total. The fraction of sp³-hybridized carbons (Fsp3) is 0.172. The van der Waals surface area contributed by atoms with Gasteiger partial charge in [-0.25, -0.2) is 0 Å². The van der Waals surface area contributed by atoms with Crippen molar-refractivity contribution in [3.05, 3.63) is 90.0 Å². The van der Waals surface area contributed by atoms with E-state index < -0.39 is 0 Å². The molecule has 1 aliphatic rings. The van der Waals surface area contributed by atoms with Gasteiger partial charge in [0.25, 0.3) is 0 Å². The molecule has 168 valence electrons. The highest BCUT2D eigenvalue weighted by atomic mass is 16.6. The topological polar surface area (TPSA) is 51.4 Å². The van der Waals surface area contributed by atoms with E-state index >= 15 is 0 Å². The van der Waals surface area contributed by atoms with Crippen molar-refractivity contribution in [2.75, 3.05) is 13.2 Å². The first kappa shape index (κ1) is 20.6. The van der Waals surface area contributed by atoms with E-state index in [1.54, 1.807) is 12.4 Å². The molecule has 5 nitrogen and oxygen atoms in total. The standard InChI is InChI=1S/C29H25N3O2/c1-2-32-27-10-6-5-9-24(27)25-15-20(11-13-28(25)32)16-30-31-17-26-23-8-4-3-7-21(23)12-14-29(26)34-19-22-18-33-22/h3-17,22H,2,18-19H2,1H3. The Morgan fingerprint density at radius 2 is 1.65 bits per heavy atom. The molecule has 1 atom stereocenters. The zero-order valence-corrected chi connectivity index (χ0v) is 19.0. The normalized spacial score (nSPS) is 15.9. The molecule has 0 radical (unpaired) electrons. The lowest BCUT2D eigenvalue weighted by molar-refractivity contribution is 0.263. The highest BCUT2D eigenvalue weighted by Crippen LogP contribution is 2.30. The quantitative estimate of drug-likeness (QED) is 0.169. The minimum absolute atomic E-state index is 0.197. The van der Waals surface area contributed by atoms with E-state index in [-0.39, 0.29) is 6.10 Å². The average molecular weight is 448 g/mol. The van der Waals surface area contributed by atoms with Crippen LogP contribution in [0, 0.1) is 0 Å². The molecule has 0 bridgehead atoms. The molecule has 0 saturated carbocycles. The van der Waals surface area contributed by atoms with Gasteiger partial charge in [-0.3, -0.25) is 0 Å². The first-order chi connectivity index (χ1) is 16.8. The number of hydrogen-bond donors (Lipinski definition) is 0. The van der Waals surface area contributed by atoms with Crippen LogP contribution in [0.15, 0.2) is 89.1 Å². The molecule has 1 aromatic heterocycles. The lowest BCUT2D eigenvalue weighted by atomic mass is 10.0. The fourth-order valence-electron chi connectivity index (χ4n) is 4.56. The van der Waals surface area contributed by atoms with Crippen molar-refractivity contribution >= 4 is 45.0 Å². The lowest BCUT2D eigenvalue weighted by Crippen LogP contribution is -2.06. The average Bonchev–Trinajstić information content (AvgIpc) is 3.66. The van der Waals surface area contributed by atoms with Gasteiger partial charge < -0.3 is 14.0 Å². The van der Waals surface area contributed by atoms with Gasteiger partial charge in [0.05, 0.1) is 19.0 Å². The van der Waals surface area contributed by atoms with Crippen LogP contribution < -0.4 is 4.74 Å². The smallest absolute Gasteiger partial charge is 0.128 e. The number of benzene rings is 4. The van der Waals surface area contributed by atoms with Crippen molar-refractivity contribution in [2.45, 2.75) is 19.6 Å². The maximum Gasteiger partial charge on any atom is 0.128 e. The van der Waals surface area contributed by atoms with Gasteiger partial charge in [-0.2, -0.15) is 10.2 Å². The van der Waals surface area contributed by atoms with Gasteiger partial charge >= 0.3 is 0 Å². The van der Waals surface area contributed by atoms with Gasteiger partial charge in [0.2, 0.25) is 0 Å². The number of hydrogen-bond acceptors (Lipinski definition) is 4. The number of aromatic nitrogens is 1. The minimum Gasteiger partial charge on any atom is -0.490 e. The summed E-state index contributed by atoms with van der Waals surface area (Å²) < 4.78 is 13.6. The van der Waals surface area contributed by atoms with Crippen LogP contribution in [-0.4, -0.2) is 36.3 Å². The van der Waals surface area contributed by atoms with E-state index in [2.05, 4.69) is 82.4 Å². The zero-order chi connectivity index (χ0) is 22.9. The van der Waals surface area contributed by atoms with E-state index in [9.17, 15) is 0 Å². The van der Waals surface area contributed by atoms with Gasteiger partial charge in [-0.15, -0.1) is 0 Å². The zero-order valence-electron chi connectivity index (χ0n) is 19.0. The predicted molar refractivity (Wildman–Crippen MR) is 139 cm³/mol. The molecule has 1 fully saturated rings. The molecule has 0 aliphatic carbocycles. The maximum absolute atomic E-state index is 6.02. The van der Waals surface area contributed by atoms with E-state index in [0.29, 0.717) is 6.61 Å². The second-order valence-corrected chi connectivity index (χ2v) is 8.49. The molecule has 4 aromatic carbocycles. The van der Waals surface area contributed by atoms with Crippen LogP contribution in [0.1, 0.15) is 18.1 Å². The number of aryl methyl sites for hydroxylation is 1. The van der Waals surface area contributed by atoms with Crippen LogP contribution >= 0.6 is 0 Å². The van der Waals surface area contributed by atoms with E-state index in [0.717, 1.165) is 40.8 Å². The van der Waals surface area contributed by atoms with Crippen LogP contribution in [0.25, 0.3) is 32.6 Å². The number of para-hydroxylation sites is 1. The maximum atomic E-state index is 6.02. The van der Waals surface area contributed by atoms with Crippen LogP contribution in [-0.2, 0) is 11.3 Å². The summed E-state index contributed by atoms with van der Waals surface area (Å²) in [7, 11) is 0. The van der Waals surface area contributed by atoms with E-state index in [4.69, 9.17) is 9.47 Å². The summed E-state index contributed by atoms with van der Waals surface area (Å²) in [6.07, 6.45) is 3.78. The Labute approximate surface area is 197 Å². The SMILES string of the molecule is CCn1c2ccccc2c2cc(C=NN=Cc3c(OCC4CO4)ccc4ccccc34)ccc21. The highest BCUT2D eigenvalue weighted by Gasteiger charge is 2.23. The number of epoxide rings is 1. The Bertz CT molecular complexity index is 1560. The van der Waals surface area contributed by atoms with Gasteiger partial charge in [0.1, 0.15) is 18.5 Å². The van der Waals surface area contributed by atoms with Crippen molar-refractivity contribution in [3.8, 4) is 5.75 Å². The van der Waals surface area contributed by atoms with Crippen molar-refractivity contribution in [1.82, 2.24) is 4.57 Å². The van der Waals surface area contributed by atoms with Gasteiger partial charge in [-0.1, -0.05) is 54.6 Å². The summed E-state index contributed by atoms with van der Waals surface area (Å²) in [5.41, 5.74) is 4.44. The van der Waals surface area contributed by atoms with Crippen molar-refractivity contribution in [1.29, 1.82) is 0 Å². The van der Waals surface area contributed by atoms with E-state index in [1.165, 1.54) is 21.8 Å². The molecular weight excluding hydrogens is 422 g/mol. The molecular formula is C29H25N3O2. The van der Waals surface area contributed by atoms with Crippen LogP contribution in [0.5, 0.6) is 5.75 Å². The number of nitrogens with zero attached hydrogens (tertiary/aromatic N) is 3. The predicted octanol–water partition coefficient (Wildman–Crippen LogP) is 6.20. The minimum atomic E-state index is 0.197. The molecule has 34 heavy (non-hydrogen) atoms. The summed E-state index contributed by atoms with van der Waals surface area (Å²) in [6, 6.07) is 27.3. The Morgan fingerprint density at radius 1 is 0.882 bits per heavy atom. The molecule has 0 amide bonds. The fourth-order valence-corrected chi connectivity index (χ4v) is 4.56. The Balaban J connectivity index is 1.31. The molecule has 6 rings (SSSR count). The largest absolute Gasteiger partial charge is 0.490 e. The van der Waals surface area contributed by atoms with Gasteiger partial charge in [0, 0.05) is 33.9 Å². The second kappa shape index (κ2) is 8.76. The second-order valence-electron chi connectivity index (χ2n) is 8.49. The molecule has 0 spiro atoms. The monoisotopic (exact) mass is 447 g/mol. The third-order valence-electron chi connectivity index (χ3n) is 6.33. The first-order valence-electron chi connectivity index (χ1n) is 11.7. The molecule has 1 aliphatic heterocycles. The summed E-state index contributed by atoms with van der Waals surface area (Å²) in [5, 5.41) is 13.5. The van der Waals surface area contributed by atoms with E-state index in [1.807, 2.05) is 18.2 Å². The summed E-state index contributed by atoms with van der Waals surface area (Å²) in [6.45, 7) is 4.43. The van der Waals surface area contributed by atoms with Gasteiger partial charge in [0.15, 0.2) is 0 Å². The third kappa shape index (κ3) is 3.84. The van der Waals surface area contributed by atoms with Crippen molar-refractivity contribution < 1.29 is 9.47 Å². The number of fused-ring (bicyclic) bond motifs is 4. The highest BCUT2D eigenvalue weighted by molar-refractivity contribution is 6.09. The van der Waals surface area contributed by atoms with Crippen LogP contribution in [0.4, 0.5) is 0 Å². The summed E-state index contributed by atoms with van der Waals surface area (Å²) >= 11 is 0. The third-order valence-corrected chi connectivity index (χ3v) is 6.33. The Morgan fingerprint density at radius 3 is 2.50 bits per heavy atom. The van der Waals surface area contributed by atoms with Crippen molar-refractivity contribution in [3.63, 3.8) is 0 Å². The molecule has 5 heteroatoms. The summed E-state index contributed by atoms with van der Waals surface area (Å²) in [4.78, 5) is 0. The van der Waals surface area contributed by atoms with Crippen LogP contribution in [0.3, 0.4) is 0 Å². The Kier molecular flexibility index (Phi) is 5.32. The molecule has 2 heterocycles. The van der Waals surface area contributed by atoms with Gasteiger partial charge in [-0.05, 0) is 47.5 Å². The molecule has 5 aromatic rings.